The first-order valence-corrected chi connectivity index (χ1v) is 12.6. The van der Waals surface area contributed by atoms with Crippen LogP contribution in [0.5, 0.6) is 5.75 Å². The minimum Gasteiger partial charge on any atom is -0.484 e. The molecule has 2 unspecified atom stereocenters. The minimum atomic E-state index is 0.0369. The first kappa shape index (κ1) is 24.0. The van der Waals surface area contributed by atoms with Crippen molar-refractivity contribution in [3.63, 3.8) is 0 Å². The Morgan fingerprint density at radius 2 is 1.58 bits per heavy atom. The summed E-state index contributed by atoms with van der Waals surface area (Å²) in [5.74, 6) is 1.40. The van der Waals surface area contributed by atoms with Gasteiger partial charge in [0.15, 0.2) is 6.61 Å². The van der Waals surface area contributed by atoms with Crippen molar-refractivity contribution >= 4 is 11.8 Å². The van der Waals surface area contributed by atoms with Crippen LogP contribution in [0.4, 0.5) is 0 Å². The summed E-state index contributed by atoms with van der Waals surface area (Å²) in [4.78, 5) is 32.0. The summed E-state index contributed by atoms with van der Waals surface area (Å²) in [6.07, 6.45) is 5.39. The lowest BCUT2D eigenvalue weighted by molar-refractivity contribution is -0.139. The summed E-state index contributed by atoms with van der Waals surface area (Å²) >= 11 is 0. The van der Waals surface area contributed by atoms with Crippen molar-refractivity contribution in [1.82, 2.24) is 14.7 Å². The van der Waals surface area contributed by atoms with E-state index < -0.39 is 0 Å². The van der Waals surface area contributed by atoms with Gasteiger partial charge in [0.2, 0.25) is 0 Å². The highest BCUT2D eigenvalue weighted by atomic mass is 16.5. The molecule has 3 aliphatic rings. The Kier molecular flexibility index (Phi) is 8.25. The monoisotopic (exact) mass is 457 g/mol. The third-order valence-corrected chi connectivity index (χ3v) is 7.47. The molecule has 3 heterocycles. The van der Waals surface area contributed by atoms with Gasteiger partial charge in [-0.1, -0.05) is 0 Å². The van der Waals surface area contributed by atoms with Crippen LogP contribution in [-0.4, -0.2) is 91.1 Å². The molecule has 0 saturated carbocycles. The fourth-order valence-electron chi connectivity index (χ4n) is 5.48. The van der Waals surface area contributed by atoms with Gasteiger partial charge in [0.1, 0.15) is 5.75 Å². The SMILES string of the molecule is CC1CCCC(C)N1C(=O)COc1ccc(C(=O)N2CCC(CN3CCOCC3)CC2)cc1. The van der Waals surface area contributed by atoms with Crippen LogP contribution in [0.3, 0.4) is 0 Å². The van der Waals surface area contributed by atoms with Gasteiger partial charge in [-0.3, -0.25) is 14.5 Å². The highest BCUT2D eigenvalue weighted by molar-refractivity contribution is 5.94. The third kappa shape index (κ3) is 6.27. The number of benzene rings is 1. The van der Waals surface area contributed by atoms with Crippen LogP contribution in [0.2, 0.25) is 0 Å². The fourth-order valence-corrected chi connectivity index (χ4v) is 5.48. The van der Waals surface area contributed by atoms with Crippen LogP contribution in [0.15, 0.2) is 24.3 Å². The zero-order valence-corrected chi connectivity index (χ0v) is 20.2. The molecule has 2 amide bonds. The topological polar surface area (TPSA) is 62.3 Å². The third-order valence-electron chi connectivity index (χ3n) is 7.47. The molecule has 3 fully saturated rings. The molecule has 3 saturated heterocycles. The molecule has 7 nitrogen and oxygen atoms in total. The van der Waals surface area contributed by atoms with Crippen molar-refractivity contribution in [2.24, 2.45) is 5.92 Å². The summed E-state index contributed by atoms with van der Waals surface area (Å²) in [5.41, 5.74) is 0.679. The Hall–Kier alpha value is -2.12. The van der Waals surface area contributed by atoms with E-state index in [1.54, 1.807) is 12.1 Å². The van der Waals surface area contributed by atoms with E-state index in [1.807, 2.05) is 21.9 Å². The Balaban J connectivity index is 1.22. The predicted molar refractivity (Wildman–Crippen MR) is 127 cm³/mol. The van der Waals surface area contributed by atoms with Gasteiger partial charge < -0.3 is 19.3 Å². The van der Waals surface area contributed by atoms with Crippen molar-refractivity contribution in [1.29, 1.82) is 0 Å². The van der Waals surface area contributed by atoms with E-state index >= 15 is 0 Å². The van der Waals surface area contributed by atoms with E-state index in [-0.39, 0.29) is 30.5 Å². The molecule has 1 aromatic carbocycles. The standard InChI is InChI=1S/C26H39N3O4/c1-20-4-3-5-21(2)29(20)25(30)19-33-24-8-6-23(7-9-24)26(31)28-12-10-22(11-13-28)18-27-14-16-32-17-15-27/h6-9,20-22H,3-5,10-19H2,1-2H3. The molecule has 33 heavy (non-hydrogen) atoms. The van der Waals surface area contributed by atoms with E-state index in [0.717, 1.165) is 71.6 Å². The Morgan fingerprint density at radius 1 is 0.939 bits per heavy atom. The lowest BCUT2D eigenvalue weighted by atomic mass is 9.95. The summed E-state index contributed by atoms with van der Waals surface area (Å²) in [6, 6.07) is 7.76. The number of nitrogens with zero attached hydrogens (tertiary/aromatic N) is 3. The lowest BCUT2D eigenvalue weighted by Crippen LogP contribution is -2.49. The second-order valence-electron chi connectivity index (χ2n) is 9.89. The molecule has 4 rings (SSSR count). The summed E-state index contributed by atoms with van der Waals surface area (Å²) in [6.45, 7) is 10.7. The van der Waals surface area contributed by atoms with Gasteiger partial charge in [0.25, 0.3) is 11.8 Å². The number of ether oxygens (including phenoxy) is 2. The molecule has 7 heteroatoms. The molecule has 0 spiro atoms. The van der Waals surface area contributed by atoms with E-state index in [0.29, 0.717) is 17.2 Å². The van der Waals surface area contributed by atoms with Crippen LogP contribution in [0.25, 0.3) is 0 Å². The van der Waals surface area contributed by atoms with E-state index in [1.165, 1.54) is 6.42 Å². The van der Waals surface area contributed by atoms with Crippen LogP contribution < -0.4 is 4.74 Å². The number of amides is 2. The number of rotatable bonds is 6. The number of carbonyl (C=O) groups is 2. The van der Waals surface area contributed by atoms with Crippen molar-refractivity contribution < 1.29 is 19.1 Å². The van der Waals surface area contributed by atoms with E-state index in [2.05, 4.69) is 18.7 Å². The van der Waals surface area contributed by atoms with Crippen LogP contribution >= 0.6 is 0 Å². The zero-order valence-electron chi connectivity index (χ0n) is 20.2. The number of piperidine rings is 2. The number of carbonyl (C=O) groups excluding carboxylic acids is 2. The quantitative estimate of drug-likeness (QED) is 0.657. The Morgan fingerprint density at radius 3 is 2.21 bits per heavy atom. The van der Waals surface area contributed by atoms with Gasteiger partial charge in [-0.25, -0.2) is 0 Å². The highest BCUT2D eigenvalue weighted by Crippen LogP contribution is 2.24. The highest BCUT2D eigenvalue weighted by Gasteiger charge is 2.29. The van der Waals surface area contributed by atoms with Crippen molar-refractivity contribution in [3.05, 3.63) is 29.8 Å². The number of morpholine rings is 1. The first-order chi connectivity index (χ1) is 16.0. The van der Waals surface area contributed by atoms with Crippen LogP contribution in [-0.2, 0) is 9.53 Å². The molecular formula is C26H39N3O4. The number of likely N-dealkylation sites (tertiary alicyclic amines) is 2. The van der Waals surface area contributed by atoms with Crippen LogP contribution in [0, 0.1) is 5.92 Å². The minimum absolute atomic E-state index is 0.0369. The Labute approximate surface area is 198 Å². The van der Waals surface area contributed by atoms with E-state index in [9.17, 15) is 9.59 Å². The predicted octanol–water partition coefficient (Wildman–Crippen LogP) is 3.04. The molecule has 0 aromatic heterocycles. The second kappa shape index (κ2) is 11.3. The summed E-state index contributed by atoms with van der Waals surface area (Å²) in [5, 5.41) is 0. The van der Waals surface area contributed by atoms with Crippen molar-refractivity contribution in [2.45, 2.75) is 58.0 Å². The molecule has 0 radical (unpaired) electrons. The molecular weight excluding hydrogens is 418 g/mol. The molecule has 0 N–H and O–H groups in total. The zero-order chi connectivity index (χ0) is 23.2. The number of hydrogen-bond donors (Lipinski definition) is 0. The molecule has 0 bridgehead atoms. The van der Waals surface area contributed by atoms with Gasteiger partial charge in [-0.15, -0.1) is 0 Å². The van der Waals surface area contributed by atoms with Crippen molar-refractivity contribution in [3.8, 4) is 5.75 Å². The maximum Gasteiger partial charge on any atom is 0.260 e. The first-order valence-electron chi connectivity index (χ1n) is 12.6. The molecule has 3 aliphatic heterocycles. The van der Waals surface area contributed by atoms with Crippen molar-refractivity contribution in [2.75, 3.05) is 52.5 Å². The van der Waals surface area contributed by atoms with Gasteiger partial charge >= 0.3 is 0 Å². The average molecular weight is 458 g/mol. The van der Waals surface area contributed by atoms with Gasteiger partial charge in [0, 0.05) is 50.4 Å². The van der Waals surface area contributed by atoms with Gasteiger partial charge in [-0.05, 0) is 76.1 Å². The second-order valence-corrected chi connectivity index (χ2v) is 9.89. The molecule has 2 atom stereocenters. The molecule has 0 aliphatic carbocycles. The van der Waals surface area contributed by atoms with Gasteiger partial charge in [-0.2, -0.15) is 0 Å². The number of hydrogen-bond acceptors (Lipinski definition) is 5. The molecule has 182 valence electrons. The maximum absolute atomic E-state index is 12.9. The smallest absolute Gasteiger partial charge is 0.260 e. The summed E-state index contributed by atoms with van der Waals surface area (Å²) < 4.78 is 11.2. The van der Waals surface area contributed by atoms with Gasteiger partial charge in [0.05, 0.1) is 13.2 Å². The normalized spacial score (nSPS) is 25.2. The average Bonchev–Trinajstić information content (AvgIpc) is 2.84. The van der Waals surface area contributed by atoms with Crippen LogP contribution in [0.1, 0.15) is 56.3 Å². The molecule has 1 aromatic rings. The fraction of sp³-hybridized carbons (Fsp3) is 0.692. The maximum atomic E-state index is 12.9. The largest absolute Gasteiger partial charge is 0.484 e. The lowest BCUT2D eigenvalue weighted by Gasteiger charge is -2.39. The van der Waals surface area contributed by atoms with E-state index in [4.69, 9.17) is 9.47 Å². The summed E-state index contributed by atoms with van der Waals surface area (Å²) in [7, 11) is 0. The Bertz CT molecular complexity index is 775.